The average molecular weight is 654 g/mol. The number of nitrogens with one attached hydrogen (secondary N) is 3. The molecule has 4 amide bonds. The van der Waals surface area contributed by atoms with Crippen LogP contribution in [0.15, 0.2) is 0 Å². The Hall–Kier alpha value is -3.05. The zero-order chi connectivity index (χ0) is 34.2. The molecule has 0 saturated carbocycles. The van der Waals surface area contributed by atoms with E-state index in [9.17, 15) is 54.6 Å². The highest BCUT2D eigenvalue weighted by Gasteiger charge is 2.52. The largest absolute Gasteiger partial charge is 0.480 e. The fourth-order valence-electron chi connectivity index (χ4n) is 4.70. The Bertz CT molecular complexity index is 1050. The van der Waals surface area contributed by atoms with Crippen LogP contribution in [-0.4, -0.2) is 153 Å². The molecule has 13 unspecified atom stereocenters. The van der Waals surface area contributed by atoms with Crippen molar-refractivity contribution < 1.29 is 73.6 Å². The Morgan fingerprint density at radius 1 is 0.911 bits per heavy atom. The van der Waals surface area contributed by atoms with Gasteiger partial charge in [0, 0.05) is 13.3 Å². The van der Waals surface area contributed by atoms with Crippen molar-refractivity contribution >= 4 is 29.6 Å². The maximum atomic E-state index is 13.0. The van der Waals surface area contributed by atoms with Crippen molar-refractivity contribution in [3.8, 4) is 0 Å². The van der Waals surface area contributed by atoms with Gasteiger partial charge < -0.3 is 77.0 Å². The number of carbonyl (C=O) groups is 5. The molecule has 2 aliphatic rings. The zero-order valence-electron chi connectivity index (χ0n) is 24.8. The molecule has 2 fully saturated rings. The van der Waals surface area contributed by atoms with Gasteiger partial charge in [0.15, 0.2) is 12.6 Å². The van der Waals surface area contributed by atoms with Crippen molar-refractivity contribution in [3.05, 3.63) is 0 Å². The molecular formula is C25H43N5O15. The number of hydrogen-bond donors (Lipinski definition) is 11. The third kappa shape index (κ3) is 10.2. The molecule has 0 aromatic carbocycles. The molecule has 2 rings (SSSR count). The first-order chi connectivity index (χ1) is 21.0. The fourth-order valence-corrected chi connectivity index (χ4v) is 4.70. The molecule has 0 aliphatic carbocycles. The van der Waals surface area contributed by atoms with Crippen LogP contribution in [0.3, 0.4) is 0 Å². The van der Waals surface area contributed by atoms with E-state index in [1.165, 1.54) is 13.8 Å². The lowest BCUT2D eigenvalue weighted by atomic mass is 9.94. The number of rotatable bonds is 15. The molecule has 45 heavy (non-hydrogen) atoms. The van der Waals surface area contributed by atoms with Crippen molar-refractivity contribution in [1.82, 2.24) is 16.0 Å². The monoisotopic (exact) mass is 653 g/mol. The Kier molecular flexibility index (Phi) is 14.4. The molecule has 20 heteroatoms. The van der Waals surface area contributed by atoms with E-state index in [-0.39, 0.29) is 12.8 Å². The summed E-state index contributed by atoms with van der Waals surface area (Å²) in [7, 11) is 0. The molecule has 2 aliphatic heterocycles. The van der Waals surface area contributed by atoms with Gasteiger partial charge >= 0.3 is 5.97 Å². The molecule has 0 aromatic rings. The van der Waals surface area contributed by atoms with E-state index in [2.05, 4.69) is 16.0 Å². The number of aliphatic hydroxyl groups is 5. The lowest BCUT2D eigenvalue weighted by molar-refractivity contribution is -0.331. The second-order valence-corrected chi connectivity index (χ2v) is 10.7. The quantitative estimate of drug-likeness (QED) is 0.0782. The molecule has 2 saturated heterocycles. The summed E-state index contributed by atoms with van der Waals surface area (Å²) in [6.45, 7) is 2.09. The minimum atomic E-state index is -1.79. The van der Waals surface area contributed by atoms with Gasteiger partial charge in [-0.05, 0) is 20.3 Å². The molecule has 0 spiro atoms. The molecule has 20 nitrogen and oxygen atoms in total. The summed E-state index contributed by atoms with van der Waals surface area (Å²) in [6, 6.07) is -5.59. The van der Waals surface area contributed by atoms with Gasteiger partial charge in [0.2, 0.25) is 23.6 Å². The summed E-state index contributed by atoms with van der Waals surface area (Å²) in [5, 5.41) is 66.9. The standard InChI is InChI=1S/C25H43N5O15/c1-8(21(37)30-11(23(39)40)4-5-14(26)34)28-22(38)9(2)42-20-16(29-10(3)33)24(41)43-13(7-32)19(20)45-25-15(27)18(36)17(35)12(6-31)44-25/h8-9,11-13,15-20,24-25,31-32,35-36,41H,4-7,27H2,1-3H3,(H2,26,34)(H,28,38)(H,29,33)(H,30,37)(H,39,40). The van der Waals surface area contributed by atoms with Gasteiger partial charge in [0.1, 0.15) is 60.9 Å². The van der Waals surface area contributed by atoms with E-state index >= 15 is 0 Å². The third-order valence-corrected chi connectivity index (χ3v) is 7.21. The van der Waals surface area contributed by atoms with Crippen LogP contribution in [0.25, 0.3) is 0 Å². The van der Waals surface area contributed by atoms with Crippen LogP contribution in [0.2, 0.25) is 0 Å². The smallest absolute Gasteiger partial charge is 0.326 e. The molecule has 258 valence electrons. The van der Waals surface area contributed by atoms with Gasteiger partial charge in [0.25, 0.3) is 0 Å². The SMILES string of the molecule is CC(=O)NC1C(O)OC(CO)C(OC2OC(CO)C(O)C(O)C2N)C1OC(C)C(=O)NC(C)C(=O)NC(CCC(N)=O)C(=O)O. The summed E-state index contributed by atoms with van der Waals surface area (Å²) in [5.74, 6) is -4.68. The second-order valence-electron chi connectivity index (χ2n) is 10.7. The lowest BCUT2D eigenvalue weighted by Crippen LogP contribution is -2.69. The summed E-state index contributed by atoms with van der Waals surface area (Å²) in [6.07, 6.45) is -14.3. The molecule has 0 radical (unpaired) electrons. The number of hydrogen-bond acceptors (Lipinski definition) is 15. The van der Waals surface area contributed by atoms with Crippen LogP contribution in [0.5, 0.6) is 0 Å². The molecule has 2 heterocycles. The van der Waals surface area contributed by atoms with Crippen LogP contribution in [0, 0.1) is 0 Å². The lowest BCUT2D eigenvalue weighted by Gasteiger charge is -2.48. The van der Waals surface area contributed by atoms with Crippen LogP contribution in [-0.2, 0) is 42.9 Å². The highest BCUT2D eigenvalue weighted by atomic mass is 16.7. The van der Waals surface area contributed by atoms with E-state index < -0.39 is 122 Å². The van der Waals surface area contributed by atoms with Crippen molar-refractivity contribution in [2.24, 2.45) is 11.5 Å². The van der Waals surface area contributed by atoms with Crippen molar-refractivity contribution in [1.29, 1.82) is 0 Å². The fraction of sp³-hybridized carbons (Fsp3) is 0.800. The molecule has 0 aromatic heterocycles. The van der Waals surface area contributed by atoms with Gasteiger partial charge in [0.05, 0.1) is 19.3 Å². The molecule has 13 N–H and O–H groups in total. The zero-order valence-corrected chi connectivity index (χ0v) is 24.8. The summed E-state index contributed by atoms with van der Waals surface area (Å²) < 4.78 is 22.7. The topological polar surface area (TPSA) is 332 Å². The van der Waals surface area contributed by atoms with Gasteiger partial charge in [-0.1, -0.05) is 0 Å². The minimum Gasteiger partial charge on any atom is -0.480 e. The van der Waals surface area contributed by atoms with E-state index in [0.29, 0.717) is 0 Å². The van der Waals surface area contributed by atoms with Crippen LogP contribution >= 0.6 is 0 Å². The maximum absolute atomic E-state index is 13.0. The summed E-state index contributed by atoms with van der Waals surface area (Å²) in [4.78, 5) is 60.1. The number of primary amides is 1. The Morgan fingerprint density at radius 3 is 2.07 bits per heavy atom. The van der Waals surface area contributed by atoms with Gasteiger partial charge in [-0.25, -0.2) is 4.79 Å². The third-order valence-electron chi connectivity index (χ3n) is 7.21. The average Bonchev–Trinajstić information content (AvgIpc) is 2.97. The number of carboxylic acid groups (broad SMARTS) is 1. The van der Waals surface area contributed by atoms with Gasteiger partial charge in [-0.2, -0.15) is 0 Å². The number of carboxylic acids is 1. The Morgan fingerprint density at radius 2 is 1.53 bits per heavy atom. The predicted molar refractivity (Wildman–Crippen MR) is 146 cm³/mol. The number of ether oxygens (including phenoxy) is 4. The van der Waals surface area contributed by atoms with Crippen LogP contribution < -0.4 is 27.4 Å². The second kappa shape index (κ2) is 17.0. The molecule has 13 atom stereocenters. The summed E-state index contributed by atoms with van der Waals surface area (Å²) >= 11 is 0. The first-order valence-corrected chi connectivity index (χ1v) is 14.0. The van der Waals surface area contributed by atoms with Crippen molar-refractivity contribution in [3.63, 3.8) is 0 Å². The predicted octanol–water partition coefficient (Wildman–Crippen LogP) is -6.53. The number of aliphatic hydroxyl groups excluding tert-OH is 5. The highest BCUT2D eigenvalue weighted by Crippen LogP contribution is 2.30. The molecule has 0 bridgehead atoms. The first-order valence-electron chi connectivity index (χ1n) is 14.0. The Balaban J connectivity index is 2.25. The van der Waals surface area contributed by atoms with E-state index in [0.717, 1.165) is 6.92 Å². The van der Waals surface area contributed by atoms with Crippen LogP contribution in [0.1, 0.15) is 33.6 Å². The normalized spacial score (nSPS) is 33.7. The number of carbonyl (C=O) groups excluding carboxylic acids is 4. The first kappa shape index (κ1) is 38.1. The van der Waals surface area contributed by atoms with E-state index in [1.807, 2.05) is 0 Å². The van der Waals surface area contributed by atoms with Gasteiger partial charge in [-0.15, -0.1) is 0 Å². The maximum Gasteiger partial charge on any atom is 0.326 e. The van der Waals surface area contributed by atoms with E-state index in [4.69, 9.17) is 30.4 Å². The highest BCUT2D eigenvalue weighted by molar-refractivity contribution is 5.91. The van der Waals surface area contributed by atoms with Crippen LogP contribution in [0.4, 0.5) is 0 Å². The summed E-state index contributed by atoms with van der Waals surface area (Å²) in [5.41, 5.74) is 11.0. The number of aliphatic carboxylic acids is 1. The number of nitrogens with two attached hydrogens (primary N) is 2. The van der Waals surface area contributed by atoms with Crippen molar-refractivity contribution in [2.45, 2.75) is 113 Å². The van der Waals surface area contributed by atoms with Gasteiger partial charge in [-0.3, -0.25) is 19.2 Å². The Labute approximate surface area is 257 Å². The van der Waals surface area contributed by atoms with Crippen molar-refractivity contribution in [2.75, 3.05) is 13.2 Å². The molecular weight excluding hydrogens is 610 g/mol. The number of amides is 4. The van der Waals surface area contributed by atoms with E-state index in [1.54, 1.807) is 0 Å². The minimum absolute atomic E-state index is 0.288.